The summed E-state index contributed by atoms with van der Waals surface area (Å²) in [5.74, 6) is 1.43. The summed E-state index contributed by atoms with van der Waals surface area (Å²) in [4.78, 5) is 23.5. The number of aromatic nitrogens is 4. The monoisotopic (exact) mass is 411 g/mol. The lowest BCUT2D eigenvalue weighted by molar-refractivity contribution is -0.119. The van der Waals surface area contributed by atoms with E-state index in [1.165, 1.54) is 0 Å². The highest BCUT2D eigenvalue weighted by Crippen LogP contribution is 2.26. The maximum atomic E-state index is 11.2. The number of hydrogen-bond donors (Lipinski definition) is 2. The molecule has 1 aliphatic carbocycles. The van der Waals surface area contributed by atoms with Gasteiger partial charge in [-0.1, -0.05) is 0 Å². The number of hydrogen-bond acceptors (Lipinski definition) is 6. The van der Waals surface area contributed by atoms with Crippen molar-refractivity contribution in [3.8, 4) is 5.88 Å². The second-order valence-corrected chi connectivity index (χ2v) is 8.25. The van der Waals surface area contributed by atoms with Crippen LogP contribution < -0.4 is 15.4 Å². The third kappa shape index (κ3) is 5.47. The van der Waals surface area contributed by atoms with Crippen LogP contribution in [-0.4, -0.2) is 38.3 Å². The average Bonchev–Trinajstić information content (AvgIpc) is 3.08. The van der Waals surface area contributed by atoms with E-state index in [-0.39, 0.29) is 11.9 Å². The van der Waals surface area contributed by atoms with Crippen LogP contribution in [0.4, 0.5) is 11.6 Å². The van der Waals surface area contributed by atoms with E-state index in [2.05, 4.69) is 30.5 Å². The van der Waals surface area contributed by atoms with Crippen molar-refractivity contribution in [3.05, 3.63) is 35.6 Å². The Hall–Kier alpha value is -3.15. The summed E-state index contributed by atoms with van der Waals surface area (Å²) in [5, 5.41) is 10.6. The Kier molecular flexibility index (Phi) is 6.55. The number of carbonyl (C=O) groups excluding carboxylic acids is 1. The first-order valence-electron chi connectivity index (χ1n) is 10.2. The number of carbonyl (C=O) groups is 1. The minimum atomic E-state index is -0.755. The highest BCUT2D eigenvalue weighted by molar-refractivity contribution is 5.73. The van der Waals surface area contributed by atoms with Gasteiger partial charge in [-0.3, -0.25) is 9.64 Å². The van der Waals surface area contributed by atoms with Gasteiger partial charge >= 0.3 is 5.66 Å². The van der Waals surface area contributed by atoms with E-state index < -0.39 is 5.66 Å². The highest BCUT2D eigenvalue weighted by Gasteiger charge is 2.27. The molecule has 0 aromatic carbocycles. The summed E-state index contributed by atoms with van der Waals surface area (Å²) >= 11 is 0. The number of rotatable bonds is 7. The standard InChI is InChI=1S/C21H29N7O2/c1-14-18(12-28(27-14)21(3,4)22-5)25-20-23-11-10-19(26-20)30-13-16-6-8-17(9-7-16)24-15(2)29/h10-12,16-17H,6-9,13H2,1-4H3,(H,24,29)(H,23,25,26). The average molecular weight is 412 g/mol. The summed E-state index contributed by atoms with van der Waals surface area (Å²) in [7, 11) is 0. The van der Waals surface area contributed by atoms with Crippen molar-refractivity contribution < 1.29 is 9.53 Å². The van der Waals surface area contributed by atoms with Gasteiger partial charge in [0.05, 0.1) is 24.2 Å². The van der Waals surface area contributed by atoms with Crippen molar-refractivity contribution in [1.82, 2.24) is 25.1 Å². The van der Waals surface area contributed by atoms with Crippen LogP contribution in [0.5, 0.6) is 5.88 Å². The normalized spacial score (nSPS) is 19.0. The Morgan fingerprint density at radius 3 is 2.77 bits per heavy atom. The molecule has 2 aromatic rings. The molecule has 0 unspecified atom stereocenters. The van der Waals surface area contributed by atoms with Gasteiger partial charge in [-0.25, -0.2) is 11.6 Å². The number of nitrogens with one attached hydrogen (secondary N) is 2. The first kappa shape index (κ1) is 21.6. The molecule has 1 amide bonds. The largest absolute Gasteiger partial charge is 0.477 e. The molecule has 0 saturated heterocycles. The summed E-state index contributed by atoms with van der Waals surface area (Å²) in [6, 6.07) is 2.03. The van der Waals surface area contributed by atoms with Crippen LogP contribution in [0, 0.1) is 19.4 Å². The Balaban J connectivity index is 1.56. The second kappa shape index (κ2) is 9.11. The third-order valence-electron chi connectivity index (χ3n) is 5.33. The maximum absolute atomic E-state index is 11.2. The molecule has 2 N–H and O–H groups in total. The molecule has 0 spiro atoms. The smallest absolute Gasteiger partial charge is 0.319 e. The molecule has 2 heterocycles. The maximum Gasteiger partial charge on any atom is 0.319 e. The lowest BCUT2D eigenvalue weighted by Gasteiger charge is -2.28. The number of ether oxygens (including phenoxy) is 1. The molecule has 0 radical (unpaired) electrons. The van der Waals surface area contributed by atoms with E-state index >= 15 is 0 Å². The van der Waals surface area contributed by atoms with Gasteiger partial charge in [0.1, 0.15) is 0 Å². The number of anilines is 2. The van der Waals surface area contributed by atoms with Crippen molar-refractivity contribution in [2.45, 2.75) is 65.1 Å². The molecule has 0 bridgehead atoms. The summed E-state index contributed by atoms with van der Waals surface area (Å²) < 4.78 is 7.54. The quantitative estimate of drug-likeness (QED) is 0.678. The SMILES string of the molecule is [C-]#[N+]C(C)(C)n1cc(Nc2nccc(OCC3CCC(NC(C)=O)CC3)n2)c(C)n1. The first-order chi connectivity index (χ1) is 14.3. The van der Waals surface area contributed by atoms with Crippen LogP contribution >= 0.6 is 0 Å². The van der Waals surface area contributed by atoms with E-state index in [0.717, 1.165) is 37.1 Å². The summed E-state index contributed by atoms with van der Waals surface area (Å²) in [6.45, 7) is 15.0. The van der Waals surface area contributed by atoms with E-state index in [4.69, 9.17) is 11.3 Å². The van der Waals surface area contributed by atoms with Crippen molar-refractivity contribution in [2.75, 3.05) is 11.9 Å². The molecule has 9 nitrogen and oxygen atoms in total. The molecule has 2 aromatic heterocycles. The fraction of sp³-hybridized carbons (Fsp3) is 0.571. The van der Waals surface area contributed by atoms with E-state index in [1.807, 2.05) is 20.8 Å². The van der Waals surface area contributed by atoms with Gasteiger partial charge in [0.25, 0.3) is 0 Å². The molecule has 0 atom stereocenters. The highest BCUT2D eigenvalue weighted by atomic mass is 16.5. The van der Waals surface area contributed by atoms with Gasteiger partial charge in [-0.05, 0) is 38.5 Å². The van der Waals surface area contributed by atoms with Gasteiger partial charge in [0.2, 0.25) is 17.7 Å². The van der Waals surface area contributed by atoms with Crippen molar-refractivity contribution in [3.63, 3.8) is 0 Å². The van der Waals surface area contributed by atoms with Gasteiger partial charge in [0.15, 0.2) is 0 Å². The second-order valence-electron chi connectivity index (χ2n) is 8.25. The molecule has 30 heavy (non-hydrogen) atoms. The van der Waals surface area contributed by atoms with Gasteiger partial charge in [-0.2, -0.15) is 14.8 Å². The Bertz CT molecular complexity index is 924. The number of nitrogens with zero attached hydrogens (tertiary/aromatic N) is 5. The van der Waals surface area contributed by atoms with Crippen molar-refractivity contribution >= 4 is 17.5 Å². The fourth-order valence-electron chi connectivity index (χ4n) is 3.48. The van der Waals surface area contributed by atoms with Crippen LogP contribution in [0.25, 0.3) is 4.85 Å². The summed E-state index contributed by atoms with van der Waals surface area (Å²) in [5.41, 5.74) is 0.757. The van der Waals surface area contributed by atoms with Crippen LogP contribution in [0.1, 0.15) is 52.1 Å². The van der Waals surface area contributed by atoms with Crippen molar-refractivity contribution in [1.29, 1.82) is 0 Å². The predicted molar refractivity (Wildman–Crippen MR) is 113 cm³/mol. The molecule has 1 saturated carbocycles. The molecule has 160 valence electrons. The molecule has 9 heteroatoms. The Morgan fingerprint density at radius 2 is 2.10 bits per heavy atom. The molecule has 0 aliphatic heterocycles. The molecular weight excluding hydrogens is 382 g/mol. The zero-order valence-corrected chi connectivity index (χ0v) is 18.0. The van der Waals surface area contributed by atoms with E-state index in [9.17, 15) is 4.79 Å². The molecule has 1 aliphatic rings. The van der Waals surface area contributed by atoms with Gasteiger partial charge in [-0.15, -0.1) is 0 Å². The zero-order chi connectivity index (χ0) is 21.7. The number of aryl methyl sites for hydroxylation is 1. The van der Waals surface area contributed by atoms with Gasteiger partial charge in [0, 0.05) is 39.1 Å². The van der Waals surface area contributed by atoms with Crippen LogP contribution in [-0.2, 0) is 10.5 Å². The minimum absolute atomic E-state index is 0.0362. The fourth-order valence-corrected chi connectivity index (χ4v) is 3.48. The topological polar surface area (TPSA) is 98.3 Å². The van der Waals surface area contributed by atoms with E-state index in [1.54, 1.807) is 30.1 Å². The number of amides is 1. The Morgan fingerprint density at radius 1 is 1.37 bits per heavy atom. The van der Waals surface area contributed by atoms with Gasteiger partial charge < -0.3 is 15.4 Å². The van der Waals surface area contributed by atoms with Crippen LogP contribution in [0.3, 0.4) is 0 Å². The lowest BCUT2D eigenvalue weighted by Crippen LogP contribution is -2.37. The van der Waals surface area contributed by atoms with Crippen molar-refractivity contribution in [2.24, 2.45) is 5.92 Å². The summed E-state index contributed by atoms with van der Waals surface area (Å²) in [6.07, 6.45) is 7.45. The first-order valence-corrected chi connectivity index (χ1v) is 10.2. The van der Waals surface area contributed by atoms with E-state index in [0.29, 0.717) is 24.4 Å². The Labute approximate surface area is 177 Å². The lowest BCUT2D eigenvalue weighted by atomic mass is 9.86. The minimum Gasteiger partial charge on any atom is -0.477 e. The molecular formula is C21H29N7O2. The zero-order valence-electron chi connectivity index (χ0n) is 18.0. The van der Waals surface area contributed by atoms with Crippen LogP contribution in [0.2, 0.25) is 0 Å². The van der Waals surface area contributed by atoms with Crippen LogP contribution in [0.15, 0.2) is 18.5 Å². The molecule has 3 rings (SSSR count). The third-order valence-corrected chi connectivity index (χ3v) is 5.33. The predicted octanol–water partition coefficient (Wildman–Crippen LogP) is 3.41. The molecule has 1 fully saturated rings.